The lowest BCUT2D eigenvalue weighted by Crippen LogP contribution is -2.28. The van der Waals surface area contributed by atoms with E-state index < -0.39 is 18.0 Å². The smallest absolute Gasteiger partial charge is 0.309 e. The summed E-state index contributed by atoms with van der Waals surface area (Å²) in [5.74, 6) is 3.06. The number of aliphatic hydroxyl groups excluding tert-OH is 1. The summed E-state index contributed by atoms with van der Waals surface area (Å²) in [6.07, 6.45) is 100. The number of aliphatic hydroxyl groups is 1. The van der Waals surface area contributed by atoms with Crippen molar-refractivity contribution in [2.75, 3.05) is 0 Å². The molecule has 0 amide bonds. The van der Waals surface area contributed by atoms with E-state index in [1.807, 2.05) is 0 Å². The molecule has 2 N–H and O–H groups in total. The van der Waals surface area contributed by atoms with Gasteiger partial charge in [-0.25, -0.2) is 0 Å². The fourth-order valence-electron chi connectivity index (χ4n) is 15.1. The molecule has 2 aliphatic carbocycles. The molecular weight excluding hydrogens is 1020 g/mol. The topological polar surface area (TPSA) is 57.5 Å². The molecule has 2 aliphatic rings. The van der Waals surface area contributed by atoms with Crippen molar-refractivity contribution in [3.63, 3.8) is 0 Å². The summed E-state index contributed by atoms with van der Waals surface area (Å²) >= 11 is 0. The molecule has 0 aromatic carbocycles. The van der Waals surface area contributed by atoms with Crippen LogP contribution < -0.4 is 0 Å². The van der Waals surface area contributed by atoms with Crippen LogP contribution in [0.4, 0.5) is 0 Å². The van der Waals surface area contributed by atoms with E-state index in [4.69, 9.17) is 0 Å². The first-order chi connectivity index (χ1) is 41.6. The van der Waals surface area contributed by atoms with Gasteiger partial charge in [0.05, 0.1) is 12.0 Å². The fraction of sp³-hybridized carbons (Fsp3) is 0.988. The number of carbonyl (C=O) groups is 1. The highest BCUT2D eigenvalue weighted by Crippen LogP contribution is 2.47. The van der Waals surface area contributed by atoms with Crippen molar-refractivity contribution in [1.29, 1.82) is 0 Å². The van der Waals surface area contributed by atoms with E-state index in [9.17, 15) is 15.0 Å². The van der Waals surface area contributed by atoms with Crippen LogP contribution in [0.15, 0.2) is 0 Å². The standard InChI is InChI=1S/C81H158O3/c1-3-5-7-9-11-13-15-17-19-21-22-23-24-25-29-33-37-41-45-53-59-65-71-79(81(83)84)80(82)72-66-60-54-46-42-38-34-30-26-28-32-36-40-44-50-56-62-68-76-74-78(76)70-64-58-52-48-47-51-57-63-69-77-73-75(77)67-61-55-49-43-39-35-31-27-20-18-16-14-12-10-8-6-4-2/h75-80,82H,3-74H2,1-2H3,(H,83,84). The van der Waals surface area contributed by atoms with Crippen molar-refractivity contribution >= 4 is 5.97 Å². The van der Waals surface area contributed by atoms with Gasteiger partial charge in [0, 0.05) is 0 Å². The van der Waals surface area contributed by atoms with Crippen molar-refractivity contribution in [2.24, 2.45) is 29.6 Å². The Morgan fingerprint density at radius 1 is 0.250 bits per heavy atom. The maximum atomic E-state index is 12.0. The summed E-state index contributed by atoms with van der Waals surface area (Å²) < 4.78 is 0. The van der Waals surface area contributed by atoms with Gasteiger partial charge < -0.3 is 10.2 Å². The maximum Gasteiger partial charge on any atom is 0.309 e. The number of unbranched alkanes of at least 4 members (excludes halogenated alkanes) is 60. The van der Waals surface area contributed by atoms with Crippen molar-refractivity contribution in [1.82, 2.24) is 0 Å². The second-order valence-electron chi connectivity index (χ2n) is 29.7. The summed E-state index contributed by atoms with van der Waals surface area (Å²) in [5, 5.41) is 20.6. The summed E-state index contributed by atoms with van der Waals surface area (Å²) in [7, 11) is 0. The molecule has 0 aliphatic heterocycles. The Morgan fingerprint density at radius 2 is 0.405 bits per heavy atom. The van der Waals surface area contributed by atoms with Crippen molar-refractivity contribution in [2.45, 2.75) is 482 Å². The molecule has 3 heteroatoms. The van der Waals surface area contributed by atoms with Crippen LogP contribution in [0.5, 0.6) is 0 Å². The first kappa shape index (κ1) is 79.5. The average molecular weight is 1180 g/mol. The lowest BCUT2D eigenvalue weighted by molar-refractivity contribution is -0.146. The zero-order valence-corrected chi connectivity index (χ0v) is 58.2. The van der Waals surface area contributed by atoms with Crippen molar-refractivity contribution in [3.8, 4) is 0 Å². The molecule has 2 rings (SSSR count). The molecule has 2 fully saturated rings. The summed E-state index contributed by atoms with van der Waals surface area (Å²) in [6.45, 7) is 4.61. The van der Waals surface area contributed by atoms with Gasteiger partial charge in [0.25, 0.3) is 0 Å². The van der Waals surface area contributed by atoms with E-state index in [2.05, 4.69) is 13.8 Å². The Bertz CT molecular complexity index is 1280. The van der Waals surface area contributed by atoms with Crippen LogP contribution in [-0.4, -0.2) is 22.3 Å². The Labute approximate surface area is 530 Å². The van der Waals surface area contributed by atoms with Crippen molar-refractivity contribution < 1.29 is 15.0 Å². The van der Waals surface area contributed by atoms with Gasteiger partial charge in [-0.15, -0.1) is 0 Å². The number of carboxylic acids is 1. The largest absolute Gasteiger partial charge is 0.481 e. The summed E-state index contributed by atoms with van der Waals surface area (Å²) in [5.41, 5.74) is 0. The zero-order chi connectivity index (χ0) is 60.0. The Morgan fingerprint density at radius 3 is 0.583 bits per heavy atom. The van der Waals surface area contributed by atoms with Gasteiger partial charge in [0.15, 0.2) is 0 Å². The first-order valence-electron chi connectivity index (χ1n) is 40.5. The Balaban J connectivity index is 1.19. The van der Waals surface area contributed by atoms with Crippen LogP contribution in [0.25, 0.3) is 0 Å². The highest BCUT2D eigenvalue weighted by molar-refractivity contribution is 5.70. The fourth-order valence-corrected chi connectivity index (χ4v) is 15.1. The van der Waals surface area contributed by atoms with Crippen LogP contribution in [0.2, 0.25) is 0 Å². The lowest BCUT2D eigenvalue weighted by Gasteiger charge is -2.19. The molecule has 0 heterocycles. The second kappa shape index (κ2) is 64.0. The van der Waals surface area contributed by atoms with Gasteiger partial charge >= 0.3 is 5.97 Å². The average Bonchev–Trinajstić information content (AvgIpc) is 4.58. The normalized spacial score (nSPS) is 17.4. The molecule has 6 atom stereocenters. The van der Waals surface area contributed by atoms with E-state index in [0.717, 1.165) is 49.4 Å². The van der Waals surface area contributed by atoms with Gasteiger partial charge in [0.1, 0.15) is 0 Å². The minimum Gasteiger partial charge on any atom is -0.481 e. The third-order valence-corrected chi connectivity index (χ3v) is 21.4. The van der Waals surface area contributed by atoms with Crippen LogP contribution in [0.1, 0.15) is 476 Å². The second-order valence-corrected chi connectivity index (χ2v) is 29.7. The number of rotatable bonds is 74. The molecule has 0 aromatic rings. The molecule has 0 bridgehead atoms. The Hall–Kier alpha value is -0.570. The maximum absolute atomic E-state index is 12.0. The summed E-state index contributed by atoms with van der Waals surface area (Å²) in [6, 6.07) is 0. The molecule has 84 heavy (non-hydrogen) atoms. The molecule has 500 valence electrons. The number of aliphatic carboxylic acids is 1. The third kappa shape index (κ3) is 55.5. The quantitative estimate of drug-likeness (QED) is 0.0597. The van der Waals surface area contributed by atoms with E-state index >= 15 is 0 Å². The summed E-state index contributed by atoms with van der Waals surface area (Å²) in [4.78, 5) is 12.0. The Kier molecular flexibility index (Phi) is 60.6. The molecule has 6 unspecified atom stereocenters. The van der Waals surface area contributed by atoms with Gasteiger partial charge in [-0.1, -0.05) is 450 Å². The van der Waals surface area contributed by atoms with Gasteiger partial charge in [0.2, 0.25) is 0 Å². The molecular formula is C81H158O3. The first-order valence-corrected chi connectivity index (χ1v) is 40.5. The number of carboxylic acid groups (broad SMARTS) is 1. The van der Waals surface area contributed by atoms with Crippen molar-refractivity contribution in [3.05, 3.63) is 0 Å². The minimum atomic E-state index is -0.796. The van der Waals surface area contributed by atoms with E-state index in [1.54, 1.807) is 25.7 Å². The highest BCUT2D eigenvalue weighted by Gasteiger charge is 2.36. The van der Waals surface area contributed by atoms with E-state index in [1.165, 1.54) is 398 Å². The predicted octanol–water partition coefficient (Wildman–Crippen LogP) is 28.7. The third-order valence-electron chi connectivity index (χ3n) is 21.4. The van der Waals surface area contributed by atoms with Crippen LogP contribution in [-0.2, 0) is 4.79 Å². The van der Waals surface area contributed by atoms with Gasteiger partial charge in [-0.2, -0.15) is 0 Å². The van der Waals surface area contributed by atoms with Crippen LogP contribution in [0, 0.1) is 29.6 Å². The SMILES string of the molecule is CCCCCCCCCCCCCCCCCCCCCCCCC(C(=O)O)C(O)CCCCCCCCCCCCCCCCCCCC1CC1CCCCCCCCCCC1CC1CCCCCCCCCCCCCCCCCCC. The van der Waals surface area contributed by atoms with E-state index in [-0.39, 0.29) is 0 Å². The van der Waals surface area contributed by atoms with Crippen LogP contribution in [0.3, 0.4) is 0 Å². The molecule has 0 aromatic heterocycles. The zero-order valence-electron chi connectivity index (χ0n) is 58.2. The minimum absolute atomic E-state index is 0.581. The number of hydrogen-bond donors (Lipinski definition) is 2. The molecule has 2 saturated carbocycles. The number of hydrogen-bond acceptors (Lipinski definition) is 2. The van der Waals surface area contributed by atoms with Gasteiger partial charge in [-0.05, 0) is 49.4 Å². The molecule has 0 spiro atoms. The predicted molar refractivity (Wildman–Crippen MR) is 375 cm³/mol. The highest BCUT2D eigenvalue weighted by atomic mass is 16.4. The molecule has 0 saturated heterocycles. The lowest BCUT2D eigenvalue weighted by atomic mass is 9.91. The van der Waals surface area contributed by atoms with Crippen LogP contribution >= 0.6 is 0 Å². The molecule has 3 nitrogen and oxygen atoms in total. The monoisotopic (exact) mass is 1180 g/mol. The molecule has 0 radical (unpaired) electrons. The van der Waals surface area contributed by atoms with Gasteiger partial charge in [-0.3, -0.25) is 4.79 Å². The van der Waals surface area contributed by atoms with E-state index in [0.29, 0.717) is 12.8 Å².